The lowest BCUT2D eigenvalue weighted by molar-refractivity contribution is 0.633. The van der Waals surface area contributed by atoms with Crippen LogP contribution in [0.4, 0.5) is 0 Å². The van der Waals surface area contributed by atoms with E-state index >= 15 is 0 Å². The van der Waals surface area contributed by atoms with Crippen LogP contribution in [0.5, 0.6) is 0 Å². The zero-order valence-electron chi connectivity index (χ0n) is 11.7. The van der Waals surface area contributed by atoms with Crippen LogP contribution < -0.4 is 5.73 Å². The second kappa shape index (κ2) is 7.46. The Morgan fingerprint density at radius 3 is 2.75 bits per heavy atom. The molecule has 0 saturated carbocycles. The molecule has 20 heavy (non-hydrogen) atoms. The van der Waals surface area contributed by atoms with E-state index in [-0.39, 0.29) is 0 Å². The van der Waals surface area contributed by atoms with Crippen molar-refractivity contribution in [3.8, 4) is 0 Å². The van der Waals surface area contributed by atoms with Gasteiger partial charge in [-0.25, -0.2) is 4.98 Å². The van der Waals surface area contributed by atoms with Gasteiger partial charge in [-0.15, -0.1) is 23.1 Å². The Morgan fingerprint density at radius 1 is 1.35 bits per heavy atom. The number of nitrogens with two attached hydrogens (primary N) is 1. The number of nitrogens with zero attached hydrogens (tertiary/aromatic N) is 1. The Hall–Kier alpha value is -0.550. The van der Waals surface area contributed by atoms with Gasteiger partial charge in [0.05, 0.1) is 16.5 Å². The largest absolute Gasteiger partial charge is 0.326 e. The van der Waals surface area contributed by atoms with Gasteiger partial charge in [0.15, 0.2) is 0 Å². The summed E-state index contributed by atoms with van der Waals surface area (Å²) in [6, 6.07) is 7.91. The highest BCUT2D eigenvalue weighted by molar-refractivity contribution is 7.98. The molecule has 1 aromatic heterocycles. The highest BCUT2D eigenvalue weighted by Crippen LogP contribution is 2.31. The molecule has 0 saturated heterocycles. The summed E-state index contributed by atoms with van der Waals surface area (Å²) < 4.78 is 0. The Morgan fingerprint density at radius 2 is 2.10 bits per heavy atom. The smallest absolute Gasteiger partial charge is 0.103 e. The van der Waals surface area contributed by atoms with Gasteiger partial charge in [-0.1, -0.05) is 37.6 Å². The van der Waals surface area contributed by atoms with Gasteiger partial charge in [-0.3, -0.25) is 0 Å². The van der Waals surface area contributed by atoms with Crippen molar-refractivity contribution in [3.63, 3.8) is 0 Å². The van der Waals surface area contributed by atoms with E-state index in [4.69, 9.17) is 22.3 Å². The zero-order valence-corrected chi connectivity index (χ0v) is 14.1. The van der Waals surface area contributed by atoms with Crippen LogP contribution >= 0.6 is 34.7 Å². The van der Waals surface area contributed by atoms with Crippen LogP contribution in [0.3, 0.4) is 0 Å². The lowest BCUT2D eigenvalue weighted by Gasteiger charge is -2.02. The average Bonchev–Trinajstić information content (AvgIpc) is 2.79. The average molecular weight is 327 g/mol. The minimum atomic E-state index is 0.580. The quantitative estimate of drug-likeness (QED) is 0.779. The summed E-state index contributed by atoms with van der Waals surface area (Å²) in [5.41, 5.74) is 6.98. The predicted molar refractivity (Wildman–Crippen MR) is 89.6 cm³/mol. The molecule has 1 aromatic carbocycles. The summed E-state index contributed by atoms with van der Waals surface area (Å²) >= 11 is 9.62. The molecule has 0 bridgehead atoms. The van der Waals surface area contributed by atoms with E-state index in [0.717, 1.165) is 27.1 Å². The van der Waals surface area contributed by atoms with Gasteiger partial charge in [0, 0.05) is 16.3 Å². The molecule has 0 amide bonds. The fraction of sp³-hybridized carbons (Fsp3) is 0.400. The summed E-state index contributed by atoms with van der Waals surface area (Å²) in [5, 5.41) is 1.93. The van der Waals surface area contributed by atoms with Crippen molar-refractivity contribution >= 4 is 34.7 Å². The molecule has 5 heteroatoms. The number of rotatable bonds is 6. The van der Waals surface area contributed by atoms with Crippen molar-refractivity contribution < 1.29 is 0 Å². The van der Waals surface area contributed by atoms with Crippen LogP contribution in [-0.4, -0.2) is 4.98 Å². The van der Waals surface area contributed by atoms with Crippen molar-refractivity contribution in [2.24, 2.45) is 11.7 Å². The molecular weight excluding hydrogens is 308 g/mol. The summed E-state index contributed by atoms with van der Waals surface area (Å²) in [5.74, 6) is 1.45. The van der Waals surface area contributed by atoms with Gasteiger partial charge in [0.1, 0.15) is 5.01 Å². The van der Waals surface area contributed by atoms with Crippen molar-refractivity contribution in [2.75, 3.05) is 0 Å². The van der Waals surface area contributed by atoms with Crippen molar-refractivity contribution in [1.82, 2.24) is 4.98 Å². The van der Waals surface area contributed by atoms with Crippen LogP contribution in [0.1, 0.15) is 29.4 Å². The summed E-state index contributed by atoms with van der Waals surface area (Å²) in [6.07, 6.45) is 1.000. The maximum atomic E-state index is 6.17. The highest BCUT2D eigenvalue weighted by Gasteiger charge is 2.12. The SMILES string of the molecule is CC(C)Cc1nc(CSc2ccccc2Cl)sc1CN. The first-order chi connectivity index (χ1) is 9.60. The van der Waals surface area contributed by atoms with E-state index in [2.05, 4.69) is 13.8 Å². The Balaban J connectivity index is 2.06. The number of benzene rings is 1. The summed E-state index contributed by atoms with van der Waals surface area (Å²) in [6.45, 7) is 4.99. The van der Waals surface area contributed by atoms with Crippen molar-refractivity contribution in [3.05, 3.63) is 44.9 Å². The monoisotopic (exact) mass is 326 g/mol. The number of hydrogen-bond acceptors (Lipinski definition) is 4. The third kappa shape index (κ3) is 4.22. The highest BCUT2D eigenvalue weighted by atomic mass is 35.5. The van der Waals surface area contributed by atoms with E-state index in [1.807, 2.05) is 24.3 Å². The summed E-state index contributed by atoms with van der Waals surface area (Å²) in [4.78, 5) is 7.06. The second-order valence-corrected chi connectivity index (χ2v) is 7.59. The third-order valence-electron chi connectivity index (χ3n) is 2.80. The second-order valence-electron chi connectivity index (χ2n) is 5.00. The Bertz CT molecular complexity index is 567. The van der Waals surface area contributed by atoms with E-state index < -0.39 is 0 Å². The first-order valence-electron chi connectivity index (χ1n) is 6.65. The molecule has 0 fully saturated rings. The number of thioether (sulfide) groups is 1. The van der Waals surface area contributed by atoms with Gasteiger partial charge in [0.25, 0.3) is 0 Å². The molecule has 0 atom stereocenters. The predicted octanol–water partition coefficient (Wildman–Crippen LogP) is 4.75. The number of aromatic nitrogens is 1. The lowest BCUT2D eigenvalue weighted by atomic mass is 10.1. The van der Waals surface area contributed by atoms with E-state index in [1.54, 1.807) is 23.1 Å². The van der Waals surface area contributed by atoms with E-state index in [1.165, 1.54) is 10.6 Å². The molecule has 1 heterocycles. The fourth-order valence-electron chi connectivity index (χ4n) is 1.91. The number of halogens is 1. The molecule has 2 aromatic rings. The normalized spacial score (nSPS) is 11.2. The standard InChI is InChI=1S/C15H19ClN2S2/c1-10(2)7-12-14(8-17)20-15(18-12)9-19-13-6-4-3-5-11(13)16/h3-6,10H,7-9,17H2,1-2H3. The van der Waals surface area contributed by atoms with Crippen LogP contribution in [0.25, 0.3) is 0 Å². The van der Waals surface area contributed by atoms with Crippen LogP contribution in [0.15, 0.2) is 29.2 Å². The molecule has 0 radical (unpaired) electrons. The molecule has 108 valence electrons. The number of thiazole rings is 1. The molecule has 2 rings (SSSR count). The molecular formula is C15H19ClN2S2. The maximum Gasteiger partial charge on any atom is 0.103 e. The Kier molecular flexibility index (Phi) is 5.90. The topological polar surface area (TPSA) is 38.9 Å². The van der Waals surface area contributed by atoms with Gasteiger partial charge >= 0.3 is 0 Å². The molecule has 2 nitrogen and oxygen atoms in total. The van der Waals surface area contributed by atoms with Crippen LogP contribution in [0.2, 0.25) is 5.02 Å². The molecule has 0 aliphatic heterocycles. The van der Waals surface area contributed by atoms with Crippen LogP contribution in [-0.2, 0) is 18.7 Å². The molecule has 0 spiro atoms. The van der Waals surface area contributed by atoms with Gasteiger partial charge in [-0.05, 0) is 24.5 Å². The Labute approximate surface area is 133 Å². The van der Waals surface area contributed by atoms with Gasteiger partial charge < -0.3 is 5.73 Å². The molecule has 0 unspecified atom stereocenters. The van der Waals surface area contributed by atoms with E-state index in [9.17, 15) is 0 Å². The molecule has 0 aliphatic carbocycles. The minimum Gasteiger partial charge on any atom is -0.326 e. The fourth-order valence-corrected chi connectivity index (χ4v) is 4.11. The number of hydrogen-bond donors (Lipinski definition) is 1. The molecule has 0 aliphatic rings. The first-order valence-corrected chi connectivity index (χ1v) is 8.83. The zero-order chi connectivity index (χ0) is 14.5. The minimum absolute atomic E-state index is 0.580. The molecule has 2 N–H and O–H groups in total. The van der Waals surface area contributed by atoms with Crippen molar-refractivity contribution in [1.29, 1.82) is 0 Å². The van der Waals surface area contributed by atoms with Crippen molar-refractivity contribution in [2.45, 2.75) is 37.5 Å². The maximum absolute atomic E-state index is 6.17. The van der Waals surface area contributed by atoms with Gasteiger partial charge in [0.2, 0.25) is 0 Å². The summed E-state index contributed by atoms with van der Waals surface area (Å²) in [7, 11) is 0. The lowest BCUT2D eigenvalue weighted by Crippen LogP contribution is -2.02. The first kappa shape index (κ1) is 15.8. The van der Waals surface area contributed by atoms with Crippen LogP contribution in [0, 0.1) is 5.92 Å². The van der Waals surface area contributed by atoms with E-state index in [0.29, 0.717) is 12.5 Å². The van der Waals surface area contributed by atoms with Gasteiger partial charge in [-0.2, -0.15) is 0 Å². The third-order valence-corrected chi connectivity index (χ3v) is 5.63.